The molecule has 0 saturated carbocycles. The van der Waals surface area contributed by atoms with E-state index in [2.05, 4.69) is 46.5 Å². The third-order valence-corrected chi connectivity index (χ3v) is 5.00. The van der Waals surface area contributed by atoms with E-state index >= 15 is 0 Å². The van der Waals surface area contributed by atoms with Crippen LogP contribution in [-0.4, -0.2) is 10.1 Å². The first-order chi connectivity index (χ1) is 11.6. The quantitative estimate of drug-likeness (QED) is 0.587. The Morgan fingerprint density at radius 2 is 1.48 bits per heavy atom. The molecule has 1 N–H and O–H groups in total. The van der Waals surface area contributed by atoms with Gasteiger partial charge < -0.3 is 9.52 Å². The van der Waals surface area contributed by atoms with Crippen LogP contribution in [0.5, 0.6) is 5.75 Å². The second kappa shape index (κ2) is 6.10. The fourth-order valence-corrected chi connectivity index (χ4v) is 3.64. The summed E-state index contributed by atoms with van der Waals surface area (Å²) >= 11 is 1.49. The molecule has 0 atom stereocenters. The Morgan fingerprint density at radius 1 is 0.920 bits per heavy atom. The summed E-state index contributed by atoms with van der Waals surface area (Å²) in [5, 5.41) is 11.4. The van der Waals surface area contributed by atoms with Gasteiger partial charge in [-0.2, -0.15) is 0 Å². The van der Waals surface area contributed by atoms with Crippen molar-refractivity contribution in [2.24, 2.45) is 0 Å². The van der Waals surface area contributed by atoms with Gasteiger partial charge in [-0.25, -0.2) is 4.98 Å². The normalized spacial score (nSPS) is 12.7. The van der Waals surface area contributed by atoms with E-state index < -0.39 is 0 Å². The van der Waals surface area contributed by atoms with Gasteiger partial charge in [0, 0.05) is 16.0 Å². The number of aromatic nitrogens is 1. The number of hydrogen-bond donors (Lipinski definition) is 1. The summed E-state index contributed by atoms with van der Waals surface area (Å²) in [5.74, 6) is 0.391. The number of benzene rings is 2. The Bertz CT molecular complexity index is 846. The van der Waals surface area contributed by atoms with E-state index in [4.69, 9.17) is 4.42 Å². The molecule has 0 fully saturated rings. The van der Waals surface area contributed by atoms with Crippen LogP contribution in [0.1, 0.15) is 52.7 Å². The molecule has 3 nitrogen and oxygen atoms in total. The lowest BCUT2D eigenvalue weighted by molar-refractivity contribution is 0.422. The van der Waals surface area contributed by atoms with E-state index in [1.54, 1.807) is 0 Å². The second-order valence-electron chi connectivity index (χ2n) is 8.42. The van der Waals surface area contributed by atoms with Gasteiger partial charge in [0.2, 0.25) is 0 Å². The maximum absolute atomic E-state index is 10.8. The number of rotatable bonds is 2. The van der Waals surface area contributed by atoms with Gasteiger partial charge in [0.25, 0.3) is 5.22 Å². The van der Waals surface area contributed by atoms with E-state index in [-0.39, 0.29) is 10.8 Å². The third kappa shape index (κ3) is 3.69. The largest absolute Gasteiger partial charge is 0.507 e. The number of oxazole rings is 1. The van der Waals surface area contributed by atoms with Crippen LogP contribution in [0.3, 0.4) is 0 Å². The van der Waals surface area contributed by atoms with Crippen molar-refractivity contribution in [3.05, 3.63) is 47.5 Å². The molecule has 0 aliphatic rings. The van der Waals surface area contributed by atoms with Gasteiger partial charge in [-0.05, 0) is 46.9 Å². The van der Waals surface area contributed by atoms with E-state index in [1.165, 1.54) is 11.8 Å². The van der Waals surface area contributed by atoms with Crippen molar-refractivity contribution in [2.45, 2.75) is 62.5 Å². The summed E-state index contributed by atoms with van der Waals surface area (Å²) in [6, 6.07) is 11.9. The van der Waals surface area contributed by atoms with Crippen molar-refractivity contribution in [3.63, 3.8) is 0 Å². The number of fused-ring (bicyclic) bond motifs is 1. The lowest BCUT2D eigenvalue weighted by atomic mass is 9.79. The van der Waals surface area contributed by atoms with E-state index in [9.17, 15) is 5.11 Å². The molecule has 25 heavy (non-hydrogen) atoms. The summed E-state index contributed by atoms with van der Waals surface area (Å²) in [4.78, 5) is 5.57. The third-order valence-electron chi connectivity index (χ3n) is 4.18. The molecule has 0 radical (unpaired) electrons. The zero-order valence-electron chi connectivity index (χ0n) is 15.7. The first-order valence-electron chi connectivity index (χ1n) is 8.47. The average molecular weight is 356 g/mol. The highest BCUT2D eigenvalue weighted by Gasteiger charge is 2.27. The standard InChI is InChI=1S/C21H25NO2S/c1-20(2,3)14-11-13(12-15(18(14)23)21(4,5)6)25-19-22-16-9-7-8-10-17(16)24-19/h7-12,23H,1-6H3. The minimum atomic E-state index is -0.151. The fraction of sp³-hybridized carbons (Fsp3) is 0.381. The monoisotopic (exact) mass is 355 g/mol. The van der Waals surface area contributed by atoms with Crippen molar-refractivity contribution in [2.75, 3.05) is 0 Å². The van der Waals surface area contributed by atoms with Gasteiger partial charge in [-0.15, -0.1) is 0 Å². The lowest BCUT2D eigenvalue weighted by Crippen LogP contribution is -2.17. The van der Waals surface area contributed by atoms with Crippen LogP contribution >= 0.6 is 11.8 Å². The minimum absolute atomic E-state index is 0.151. The second-order valence-corrected chi connectivity index (χ2v) is 9.44. The summed E-state index contributed by atoms with van der Waals surface area (Å²) in [6.45, 7) is 12.7. The number of nitrogens with zero attached hydrogens (tertiary/aromatic N) is 1. The number of para-hydroxylation sites is 2. The number of phenolic OH excluding ortho intramolecular Hbond substituents is 1. The van der Waals surface area contributed by atoms with Crippen molar-refractivity contribution < 1.29 is 9.52 Å². The number of phenols is 1. The molecule has 0 saturated heterocycles. The van der Waals surface area contributed by atoms with Crippen molar-refractivity contribution in [1.29, 1.82) is 0 Å². The first kappa shape index (κ1) is 17.9. The van der Waals surface area contributed by atoms with Crippen LogP contribution in [0.4, 0.5) is 0 Å². The van der Waals surface area contributed by atoms with Gasteiger partial charge in [0.05, 0.1) is 0 Å². The van der Waals surface area contributed by atoms with Crippen LogP contribution in [0, 0.1) is 0 Å². The van der Waals surface area contributed by atoms with E-state index in [0.29, 0.717) is 11.0 Å². The van der Waals surface area contributed by atoms with E-state index in [1.807, 2.05) is 36.4 Å². The highest BCUT2D eigenvalue weighted by atomic mass is 32.2. The van der Waals surface area contributed by atoms with Crippen LogP contribution in [-0.2, 0) is 10.8 Å². The Kier molecular flexibility index (Phi) is 4.36. The van der Waals surface area contributed by atoms with Crippen LogP contribution in [0.2, 0.25) is 0 Å². The molecule has 0 unspecified atom stereocenters. The molecule has 4 heteroatoms. The molecular formula is C21H25NO2S. The molecule has 0 bridgehead atoms. The van der Waals surface area contributed by atoms with Crippen molar-refractivity contribution in [3.8, 4) is 5.75 Å². The zero-order valence-corrected chi connectivity index (χ0v) is 16.5. The fourth-order valence-electron chi connectivity index (χ4n) is 2.81. The molecule has 3 rings (SSSR count). The van der Waals surface area contributed by atoms with Crippen molar-refractivity contribution in [1.82, 2.24) is 4.98 Å². The van der Waals surface area contributed by atoms with Gasteiger partial charge in [0.15, 0.2) is 5.58 Å². The van der Waals surface area contributed by atoms with Gasteiger partial charge in [0.1, 0.15) is 11.3 Å². The maximum atomic E-state index is 10.8. The molecule has 1 heterocycles. The van der Waals surface area contributed by atoms with Crippen LogP contribution in [0.15, 0.2) is 50.9 Å². The molecule has 132 valence electrons. The Labute approximate surface area is 153 Å². The Hall–Kier alpha value is -1.94. The smallest absolute Gasteiger partial charge is 0.261 e. The summed E-state index contributed by atoms with van der Waals surface area (Å²) in [7, 11) is 0. The number of aromatic hydroxyl groups is 1. The Balaban J connectivity index is 2.09. The predicted octanol–water partition coefficient (Wildman–Crippen LogP) is 6.28. The topological polar surface area (TPSA) is 46.3 Å². The summed E-state index contributed by atoms with van der Waals surface area (Å²) in [6.07, 6.45) is 0. The highest BCUT2D eigenvalue weighted by Crippen LogP contribution is 2.43. The Morgan fingerprint density at radius 3 is 2.00 bits per heavy atom. The molecule has 3 aromatic rings. The molecular weight excluding hydrogens is 330 g/mol. The maximum Gasteiger partial charge on any atom is 0.261 e. The highest BCUT2D eigenvalue weighted by molar-refractivity contribution is 7.99. The van der Waals surface area contributed by atoms with Crippen LogP contribution in [0.25, 0.3) is 11.1 Å². The lowest BCUT2D eigenvalue weighted by Gasteiger charge is -2.28. The minimum Gasteiger partial charge on any atom is -0.507 e. The molecule has 0 aliphatic heterocycles. The summed E-state index contributed by atoms with van der Waals surface area (Å²) in [5.41, 5.74) is 3.23. The van der Waals surface area contributed by atoms with Crippen LogP contribution < -0.4 is 0 Å². The first-order valence-corrected chi connectivity index (χ1v) is 9.29. The predicted molar refractivity (Wildman–Crippen MR) is 104 cm³/mol. The van der Waals surface area contributed by atoms with Crippen molar-refractivity contribution >= 4 is 22.9 Å². The molecule has 2 aromatic carbocycles. The SMILES string of the molecule is CC(C)(C)c1cc(Sc2nc3ccccc3o2)cc(C(C)(C)C)c1O. The molecule has 0 spiro atoms. The van der Waals surface area contributed by atoms with Gasteiger partial charge in [-0.3, -0.25) is 0 Å². The molecule has 0 aliphatic carbocycles. The molecule has 1 aromatic heterocycles. The van der Waals surface area contributed by atoms with E-state index in [0.717, 1.165) is 27.1 Å². The summed E-state index contributed by atoms with van der Waals surface area (Å²) < 4.78 is 5.84. The average Bonchev–Trinajstić information content (AvgIpc) is 2.88. The zero-order chi connectivity index (χ0) is 18.4. The number of hydrogen-bond acceptors (Lipinski definition) is 4. The van der Waals surface area contributed by atoms with Gasteiger partial charge >= 0.3 is 0 Å². The van der Waals surface area contributed by atoms with Gasteiger partial charge in [-0.1, -0.05) is 53.7 Å². The molecule has 0 amide bonds.